The van der Waals surface area contributed by atoms with Gasteiger partial charge in [-0.15, -0.1) is 0 Å². The van der Waals surface area contributed by atoms with Gasteiger partial charge in [0.2, 0.25) is 0 Å². The first kappa shape index (κ1) is 12.4. The molecular weight excluding hydrogens is 210 g/mol. The molecule has 2 heteroatoms. The van der Waals surface area contributed by atoms with Crippen LogP contribution >= 0.6 is 0 Å². The summed E-state index contributed by atoms with van der Waals surface area (Å²) in [6, 6.07) is 5.24. The Morgan fingerprint density at radius 2 is 1.82 bits per heavy atom. The fourth-order valence-electron chi connectivity index (χ4n) is 2.11. The molecule has 0 radical (unpaired) electrons. The molecule has 2 rings (SSSR count). The smallest absolute Gasteiger partial charge is 0.125 e. The van der Waals surface area contributed by atoms with E-state index in [1.165, 1.54) is 29.5 Å². The number of ether oxygens (including phenoxy) is 1. The summed E-state index contributed by atoms with van der Waals surface area (Å²) in [6.45, 7) is 9.38. The molecule has 1 N–H and O–H groups in total. The molecule has 0 unspecified atom stereocenters. The molecule has 1 aliphatic carbocycles. The van der Waals surface area contributed by atoms with E-state index in [1.807, 2.05) is 0 Å². The van der Waals surface area contributed by atoms with Crippen molar-refractivity contribution in [2.45, 2.75) is 59.2 Å². The van der Waals surface area contributed by atoms with E-state index in [0.29, 0.717) is 0 Å². The van der Waals surface area contributed by atoms with Crippen LogP contribution < -0.4 is 10.1 Å². The third-order valence-corrected chi connectivity index (χ3v) is 3.05. The van der Waals surface area contributed by atoms with Crippen LogP contribution in [0.15, 0.2) is 12.1 Å². The number of hydrogen-bond donors (Lipinski definition) is 1. The molecule has 1 fully saturated rings. The third kappa shape index (κ3) is 3.47. The molecule has 0 bridgehead atoms. The van der Waals surface area contributed by atoms with Crippen LogP contribution in [0.3, 0.4) is 0 Å². The zero-order valence-corrected chi connectivity index (χ0v) is 11.3. The largest absolute Gasteiger partial charge is 0.490 e. The summed E-state index contributed by atoms with van der Waals surface area (Å²) < 4.78 is 5.85. The lowest BCUT2D eigenvalue weighted by molar-refractivity contribution is 0.239. The van der Waals surface area contributed by atoms with Gasteiger partial charge in [-0.25, -0.2) is 0 Å². The average molecular weight is 233 g/mol. The summed E-state index contributed by atoms with van der Waals surface area (Å²) in [5.74, 6) is 1.05. The van der Waals surface area contributed by atoms with E-state index < -0.39 is 0 Å². The Kier molecular flexibility index (Phi) is 3.72. The topological polar surface area (TPSA) is 21.3 Å². The molecule has 0 amide bonds. The predicted molar refractivity (Wildman–Crippen MR) is 71.5 cm³/mol. The van der Waals surface area contributed by atoms with Crippen LogP contribution in [0.2, 0.25) is 0 Å². The fourth-order valence-corrected chi connectivity index (χ4v) is 2.11. The van der Waals surface area contributed by atoms with Crippen molar-refractivity contribution in [1.82, 2.24) is 5.32 Å². The lowest BCUT2D eigenvalue weighted by Gasteiger charge is -2.16. The molecule has 0 aliphatic heterocycles. The molecular formula is C15H23NO. The van der Waals surface area contributed by atoms with Gasteiger partial charge in [0.05, 0.1) is 6.10 Å². The quantitative estimate of drug-likeness (QED) is 0.842. The Hall–Kier alpha value is -1.02. The van der Waals surface area contributed by atoms with Gasteiger partial charge in [-0.1, -0.05) is 12.1 Å². The molecule has 2 nitrogen and oxygen atoms in total. The van der Waals surface area contributed by atoms with Gasteiger partial charge in [-0.05, 0) is 57.2 Å². The number of benzene rings is 1. The summed E-state index contributed by atoms with van der Waals surface area (Å²) in [7, 11) is 0. The molecule has 1 aliphatic rings. The second-order valence-electron chi connectivity index (χ2n) is 5.38. The maximum atomic E-state index is 5.85. The Balaban J connectivity index is 2.09. The highest BCUT2D eigenvalue weighted by Crippen LogP contribution is 2.26. The highest BCUT2D eigenvalue weighted by Gasteiger charge is 2.20. The van der Waals surface area contributed by atoms with Crippen LogP contribution in [0, 0.1) is 13.8 Å². The maximum absolute atomic E-state index is 5.85. The van der Waals surface area contributed by atoms with Crippen molar-refractivity contribution in [3.63, 3.8) is 0 Å². The van der Waals surface area contributed by atoms with Crippen LogP contribution in [-0.4, -0.2) is 12.1 Å². The van der Waals surface area contributed by atoms with Gasteiger partial charge >= 0.3 is 0 Å². The highest BCUT2D eigenvalue weighted by atomic mass is 16.5. The Labute approximate surface area is 104 Å². The van der Waals surface area contributed by atoms with Crippen molar-refractivity contribution < 1.29 is 4.74 Å². The van der Waals surface area contributed by atoms with Gasteiger partial charge < -0.3 is 10.1 Å². The summed E-state index contributed by atoms with van der Waals surface area (Å²) >= 11 is 0. The lowest BCUT2D eigenvalue weighted by Crippen LogP contribution is -2.16. The van der Waals surface area contributed by atoms with Crippen LogP contribution in [0.25, 0.3) is 0 Å². The summed E-state index contributed by atoms with van der Waals surface area (Å²) in [6.07, 6.45) is 2.92. The van der Waals surface area contributed by atoms with Crippen molar-refractivity contribution in [2.24, 2.45) is 0 Å². The first-order valence-corrected chi connectivity index (χ1v) is 6.56. The van der Waals surface area contributed by atoms with E-state index in [0.717, 1.165) is 18.3 Å². The number of nitrogens with one attached hydrogen (secondary N) is 1. The van der Waals surface area contributed by atoms with Gasteiger partial charge in [0.1, 0.15) is 5.75 Å². The van der Waals surface area contributed by atoms with Gasteiger partial charge in [0.25, 0.3) is 0 Å². The number of hydrogen-bond acceptors (Lipinski definition) is 2. The van der Waals surface area contributed by atoms with Crippen molar-refractivity contribution in [3.05, 3.63) is 28.8 Å². The average Bonchev–Trinajstić information content (AvgIpc) is 3.04. The second-order valence-corrected chi connectivity index (χ2v) is 5.38. The molecule has 1 aromatic rings. The minimum Gasteiger partial charge on any atom is -0.490 e. The number of aryl methyl sites for hydroxylation is 2. The fraction of sp³-hybridized carbons (Fsp3) is 0.600. The molecule has 94 valence electrons. The zero-order valence-electron chi connectivity index (χ0n) is 11.3. The summed E-state index contributed by atoms with van der Waals surface area (Å²) in [5, 5.41) is 3.55. The molecule has 0 saturated heterocycles. The minimum absolute atomic E-state index is 0.239. The molecule has 0 heterocycles. The van der Waals surface area contributed by atoms with Crippen LogP contribution in [0.4, 0.5) is 0 Å². The van der Waals surface area contributed by atoms with Gasteiger partial charge in [0, 0.05) is 12.6 Å². The normalized spacial score (nSPS) is 15.4. The van der Waals surface area contributed by atoms with Crippen molar-refractivity contribution >= 4 is 0 Å². The van der Waals surface area contributed by atoms with E-state index in [1.54, 1.807) is 0 Å². The monoisotopic (exact) mass is 233 g/mol. The Bertz CT molecular complexity index is 371. The van der Waals surface area contributed by atoms with E-state index in [2.05, 4.69) is 45.1 Å². The maximum Gasteiger partial charge on any atom is 0.125 e. The second kappa shape index (κ2) is 5.09. The molecule has 0 atom stereocenters. The summed E-state index contributed by atoms with van der Waals surface area (Å²) in [5.41, 5.74) is 3.85. The van der Waals surface area contributed by atoms with Gasteiger partial charge in [-0.3, -0.25) is 0 Å². The van der Waals surface area contributed by atoms with E-state index in [9.17, 15) is 0 Å². The van der Waals surface area contributed by atoms with Crippen molar-refractivity contribution in [3.8, 4) is 5.75 Å². The SMILES string of the molecule is Cc1cc(CNC2CC2)cc(C)c1OC(C)C. The van der Waals surface area contributed by atoms with Crippen molar-refractivity contribution in [2.75, 3.05) is 0 Å². The molecule has 17 heavy (non-hydrogen) atoms. The molecule has 1 aromatic carbocycles. The zero-order chi connectivity index (χ0) is 12.4. The van der Waals surface area contributed by atoms with E-state index in [-0.39, 0.29) is 6.10 Å². The highest BCUT2D eigenvalue weighted by molar-refractivity contribution is 5.43. The molecule has 1 saturated carbocycles. The molecule has 0 spiro atoms. The van der Waals surface area contributed by atoms with Crippen molar-refractivity contribution in [1.29, 1.82) is 0 Å². The van der Waals surface area contributed by atoms with Crippen LogP contribution in [0.1, 0.15) is 43.4 Å². The Morgan fingerprint density at radius 3 is 2.29 bits per heavy atom. The lowest BCUT2D eigenvalue weighted by atomic mass is 10.1. The van der Waals surface area contributed by atoms with Gasteiger partial charge in [0.15, 0.2) is 0 Å². The third-order valence-electron chi connectivity index (χ3n) is 3.05. The minimum atomic E-state index is 0.239. The summed E-state index contributed by atoms with van der Waals surface area (Å²) in [4.78, 5) is 0. The predicted octanol–water partition coefficient (Wildman–Crippen LogP) is 3.34. The van der Waals surface area contributed by atoms with Crippen LogP contribution in [-0.2, 0) is 6.54 Å². The first-order valence-electron chi connectivity index (χ1n) is 6.56. The first-order chi connectivity index (χ1) is 8.06. The van der Waals surface area contributed by atoms with Crippen LogP contribution in [0.5, 0.6) is 5.75 Å². The Morgan fingerprint density at radius 1 is 1.24 bits per heavy atom. The van der Waals surface area contributed by atoms with Gasteiger partial charge in [-0.2, -0.15) is 0 Å². The van der Waals surface area contributed by atoms with E-state index >= 15 is 0 Å². The molecule has 0 aromatic heterocycles. The standard InChI is InChI=1S/C15H23NO/c1-10(2)17-15-11(3)7-13(8-12(15)4)9-16-14-5-6-14/h7-8,10,14,16H,5-6,9H2,1-4H3. The van der Waals surface area contributed by atoms with E-state index in [4.69, 9.17) is 4.74 Å². The number of rotatable bonds is 5.